The first kappa shape index (κ1) is 13.0. The van der Waals surface area contributed by atoms with E-state index in [2.05, 4.69) is 4.52 Å². The van der Waals surface area contributed by atoms with E-state index in [1.54, 1.807) is 30.3 Å². The highest BCUT2D eigenvalue weighted by atomic mass is 31.1. The molecule has 0 aliphatic rings. The van der Waals surface area contributed by atoms with Crippen molar-refractivity contribution in [3.8, 4) is 0 Å². The van der Waals surface area contributed by atoms with Crippen LogP contribution in [0.15, 0.2) is 36.1 Å². The summed E-state index contributed by atoms with van der Waals surface area (Å²) in [6, 6.07) is 8.84. The molecule has 0 heterocycles. The Morgan fingerprint density at radius 1 is 1.25 bits per heavy atom. The molecule has 2 nitrogen and oxygen atoms in total. The van der Waals surface area contributed by atoms with Crippen molar-refractivity contribution < 1.29 is 22.3 Å². The first-order valence-electron chi connectivity index (χ1n) is 4.44. The summed E-state index contributed by atoms with van der Waals surface area (Å²) in [4.78, 5) is 0. The lowest BCUT2D eigenvalue weighted by molar-refractivity contribution is -0.152. The van der Waals surface area contributed by atoms with Gasteiger partial charge in [0.05, 0.1) is 0 Å². The average Bonchev–Trinajstić information content (AvgIpc) is 2.24. The standard InChI is InChI=1S/C10H10F3O2P/c11-10(12,13)8-15-16(14)7-6-9-4-2-1-3-5-9/h1-7,16H,8H2. The molecule has 0 saturated carbocycles. The number of benzene rings is 1. The summed E-state index contributed by atoms with van der Waals surface area (Å²) in [5.41, 5.74) is 0.761. The second-order valence-corrected chi connectivity index (χ2v) is 4.23. The van der Waals surface area contributed by atoms with Gasteiger partial charge in [0.1, 0.15) is 6.61 Å². The van der Waals surface area contributed by atoms with E-state index >= 15 is 0 Å². The number of hydrogen-bond donors (Lipinski definition) is 0. The van der Waals surface area contributed by atoms with E-state index < -0.39 is 20.8 Å². The van der Waals surface area contributed by atoms with Gasteiger partial charge in [-0.05, 0) is 17.5 Å². The molecule has 0 aromatic heterocycles. The number of alkyl halides is 3. The monoisotopic (exact) mass is 250 g/mol. The average molecular weight is 250 g/mol. The summed E-state index contributed by atoms with van der Waals surface area (Å²) in [6.07, 6.45) is -2.97. The van der Waals surface area contributed by atoms with Gasteiger partial charge in [-0.2, -0.15) is 13.2 Å². The normalized spacial score (nSPS) is 14.2. The molecule has 0 radical (unpaired) electrons. The molecule has 1 aromatic carbocycles. The van der Waals surface area contributed by atoms with Crippen molar-refractivity contribution >= 4 is 14.1 Å². The van der Waals surface area contributed by atoms with Crippen molar-refractivity contribution in [3.63, 3.8) is 0 Å². The third kappa shape index (κ3) is 5.73. The topological polar surface area (TPSA) is 26.3 Å². The highest BCUT2D eigenvalue weighted by Gasteiger charge is 2.28. The van der Waals surface area contributed by atoms with Crippen LogP contribution in [-0.2, 0) is 9.09 Å². The maximum Gasteiger partial charge on any atom is 0.412 e. The Morgan fingerprint density at radius 3 is 2.44 bits per heavy atom. The molecule has 16 heavy (non-hydrogen) atoms. The molecule has 0 bridgehead atoms. The predicted octanol–water partition coefficient (Wildman–Crippen LogP) is 3.71. The minimum atomic E-state index is -4.44. The van der Waals surface area contributed by atoms with Gasteiger partial charge in [0.25, 0.3) is 0 Å². The molecule has 0 N–H and O–H groups in total. The first-order valence-corrected chi connectivity index (χ1v) is 5.83. The lowest BCUT2D eigenvalue weighted by Crippen LogP contribution is -2.14. The van der Waals surface area contributed by atoms with Gasteiger partial charge in [-0.3, -0.25) is 4.57 Å². The smallest absolute Gasteiger partial charge is 0.318 e. The molecular formula is C10H10F3O2P. The molecule has 1 atom stereocenters. The van der Waals surface area contributed by atoms with Crippen LogP contribution >= 0.6 is 8.03 Å². The van der Waals surface area contributed by atoms with Crippen molar-refractivity contribution in [2.45, 2.75) is 6.18 Å². The second kappa shape index (κ2) is 5.87. The molecule has 88 valence electrons. The predicted molar refractivity (Wildman–Crippen MR) is 56.5 cm³/mol. The van der Waals surface area contributed by atoms with E-state index in [9.17, 15) is 17.7 Å². The van der Waals surface area contributed by atoms with Crippen LogP contribution < -0.4 is 0 Å². The summed E-state index contributed by atoms with van der Waals surface area (Å²) in [5, 5.41) is 0. The van der Waals surface area contributed by atoms with Gasteiger partial charge < -0.3 is 4.52 Å². The molecule has 1 unspecified atom stereocenters. The minimum absolute atomic E-state index is 0.761. The van der Waals surface area contributed by atoms with Crippen molar-refractivity contribution in [3.05, 3.63) is 41.7 Å². The molecule has 0 aliphatic heterocycles. The SMILES string of the molecule is O=[PH](C=Cc1ccccc1)OCC(F)(F)F. The maximum absolute atomic E-state index is 11.7. The van der Waals surface area contributed by atoms with Gasteiger partial charge in [-0.25, -0.2) is 0 Å². The summed E-state index contributed by atoms with van der Waals surface area (Å²) in [5.74, 6) is 1.14. The van der Waals surface area contributed by atoms with Crippen molar-refractivity contribution in [2.24, 2.45) is 0 Å². The summed E-state index contributed by atoms with van der Waals surface area (Å²) >= 11 is 0. The first-order chi connectivity index (χ1) is 7.47. The van der Waals surface area contributed by atoms with Crippen LogP contribution in [0.4, 0.5) is 13.2 Å². The van der Waals surface area contributed by atoms with Gasteiger partial charge in [-0.1, -0.05) is 30.3 Å². The van der Waals surface area contributed by atoms with Crippen LogP contribution in [0.25, 0.3) is 6.08 Å². The van der Waals surface area contributed by atoms with E-state index in [-0.39, 0.29) is 0 Å². The molecule has 0 spiro atoms. The van der Waals surface area contributed by atoms with E-state index in [1.807, 2.05) is 0 Å². The lowest BCUT2D eigenvalue weighted by Gasteiger charge is -2.04. The van der Waals surface area contributed by atoms with Crippen LogP contribution in [0, 0.1) is 0 Å². The number of rotatable bonds is 4. The van der Waals surface area contributed by atoms with Crippen molar-refractivity contribution in [2.75, 3.05) is 6.61 Å². The molecule has 0 saturated heterocycles. The fourth-order valence-electron chi connectivity index (χ4n) is 0.929. The highest BCUT2D eigenvalue weighted by molar-refractivity contribution is 7.43. The fourth-order valence-corrected chi connectivity index (χ4v) is 1.66. The van der Waals surface area contributed by atoms with Gasteiger partial charge in [0.2, 0.25) is 8.03 Å². The Labute approximate surface area is 91.6 Å². The van der Waals surface area contributed by atoms with E-state index in [4.69, 9.17) is 0 Å². The van der Waals surface area contributed by atoms with Crippen LogP contribution in [0.1, 0.15) is 5.56 Å². The molecule has 6 heteroatoms. The van der Waals surface area contributed by atoms with Gasteiger partial charge in [0.15, 0.2) is 0 Å². The Balaban J connectivity index is 2.43. The second-order valence-electron chi connectivity index (χ2n) is 2.97. The quantitative estimate of drug-likeness (QED) is 0.761. The van der Waals surface area contributed by atoms with Crippen molar-refractivity contribution in [1.29, 1.82) is 0 Å². The molecule has 0 amide bonds. The Morgan fingerprint density at radius 2 is 1.88 bits per heavy atom. The van der Waals surface area contributed by atoms with Gasteiger partial charge >= 0.3 is 6.18 Å². The zero-order valence-electron chi connectivity index (χ0n) is 8.20. The van der Waals surface area contributed by atoms with Gasteiger partial charge in [-0.15, -0.1) is 0 Å². The molecule has 1 rings (SSSR count). The number of hydrogen-bond acceptors (Lipinski definition) is 2. The Kier molecular flexibility index (Phi) is 4.77. The van der Waals surface area contributed by atoms with Gasteiger partial charge in [0, 0.05) is 0 Å². The molecule has 0 aliphatic carbocycles. The van der Waals surface area contributed by atoms with Crippen molar-refractivity contribution in [1.82, 2.24) is 0 Å². The minimum Gasteiger partial charge on any atom is -0.318 e. The van der Waals surface area contributed by atoms with Crippen LogP contribution in [-0.4, -0.2) is 12.8 Å². The number of halogens is 3. The Bertz CT molecular complexity index is 373. The lowest BCUT2D eigenvalue weighted by atomic mass is 10.2. The molecule has 1 aromatic rings. The van der Waals surface area contributed by atoms with Crippen LogP contribution in [0.2, 0.25) is 0 Å². The Hall–Kier alpha value is -1.06. The van der Waals surface area contributed by atoms with Crippen LogP contribution in [0.3, 0.4) is 0 Å². The zero-order valence-corrected chi connectivity index (χ0v) is 9.20. The molecule has 0 fully saturated rings. The summed E-state index contributed by atoms with van der Waals surface area (Å²) < 4.78 is 50.3. The maximum atomic E-state index is 11.7. The van der Waals surface area contributed by atoms with E-state index in [1.165, 1.54) is 6.08 Å². The van der Waals surface area contributed by atoms with E-state index in [0.717, 1.165) is 11.4 Å². The van der Waals surface area contributed by atoms with E-state index in [0.29, 0.717) is 0 Å². The summed E-state index contributed by atoms with van der Waals surface area (Å²) in [6.45, 7) is -1.48. The largest absolute Gasteiger partial charge is 0.412 e. The van der Waals surface area contributed by atoms with Crippen LogP contribution in [0.5, 0.6) is 0 Å². The highest BCUT2D eigenvalue weighted by Crippen LogP contribution is 2.28. The third-order valence-corrected chi connectivity index (χ3v) is 2.46. The zero-order chi connectivity index (χ0) is 12.0. The fraction of sp³-hybridized carbons (Fsp3) is 0.200. The molecular weight excluding hydrogens is 240 g/mol. The third-order valence-electron chi connectivity index (χ3n) is 1.59. The summed E-state index contributed by atoms with van der Waals surface area (Å²) in [7, 11) is -2.77.